The highest BCUT2D eigenvalue weighted by Gasteiger charge is 2.38. The SMILES string of the molecule is CCC(=O)N1CCN(c2ccc(N3C(=O)N(C)Cc4cnc5ccc(-c6cnc7cccc(C)c7c6)cc5c43)cc2C(F)(F)F)CC1. The van der Waals surface area contributed by atoms with Crippen LogP contribution in [-0.2, 0) is 17.5 Å². The Bertz CT molecular complexity index is 2060. The molecular weight excluding hydrogens is 605 g/mol. The zero-order chi connectivity index (χ0) is 33.0. The highest BCUT2D eigenvalue weighted by molar-refractivity contribution is 6.10. The number of hydrogen-bond donors (Lipinski definition) is 0. The number of hydrogen-bond acceptors (Lipinski definition) is 5. The molecule has 0 saturated carbocycles. The number of aromatic nitrogens is 2. The first-order chi connectivity index (χ1) is 22.5. The van der Waals surface area contributed by atoms with Gasteiger partial charge < -0.3 is 14.7 Å². The maximum absolute atomic E-state index is 14.7. The number of rotatable bonds is 4. The van der Waals surface area contributed by atoms with E-state index in [0.29, 0.717) is 36.1 Å². The molecule has 240 valence electrons. The second-order valence-electron chi connectivity index (χ2n) is 12.1. The average molecular weight is 639 g/mol. The normalized spacial score (nSPS) is 15.5. The van der Waals surface area contributed by atoms with Crippen molar-refractivity contribution in [3.63, 3.8) is 0 Å². The molecule has 5 aromatic rings. The van der Waals surface area contributed by atoms with Gasteiger partial charge in [-0.3, -0.25) is 19.7 Å². The molecular formula is C36H33F3N6O2. The van der Waals surface area contributed by atoms with Crippen LogP contribution in [-0.4, -0.2) is 64.9 Å². The van der Waals surface area contributed by atoms with Crippen molar-refractivity contribution < 1.29 is 22.8 Å². The molecule has 1 saturated heterocycles. The molecule has 3 amide bonds. The van der Waals surface area contributed by atoms with Crippen LogP contribution in [0.2, 0.25) is 0 Å². The summed E-state index contributed by atoms with van der Waals surface area (Å²) in [5.41, 5.74) is 4.87. The summed E-state index contributed by atoms with van der Waals surface area (Å²) >= 11 is 0. The fraction of sp³-hybridized carbons (Fsp3) is 0.278. The standard InChI is InChI=1S/C36H33F3N6O2/c1-4-33(46)44-14-12-43(13-15-44)32-11-9-26(18-29(32)36(37,38)39)45-34-25(21-42(3)35(45)47)20-41-31-10-8-23(16-28(31)34)24-17-27-22(2)6-5-7-30(27)40-19-24/h5-11,16-20H,4,12-15,21H2,1-3H3. The van der Waals surface area contributed by atoms with Gasteiger partial charge in [0.2, 0.25) is 5.91 Å². The van der Waals surface area contributed by atoms with E-state index in [4.69, 9.17) is 0 Å². The van der Waals surface area contributed by atoms with Crippen LogP contribution in [0.4, 0.5) is 35.0 Å². The van der Waals surface area contributed by atoms with E-state index in [1.165, 1.54) is 15.9 Å². The zero-order valence-electron chi connectivity index (χ0n) is 26.3. The van der Waals surface area contributed by atoms with Crippen molar-refractivity contribution in [1.82, 2.24) is 19.8 Å². The number of carbonyl (C=O) groups is 2. The van der Waals surface area contributed by atoms with Crippen LogP contribution in [0.15, 0.2) is 73.1 Å². The Morgan fingerprint density at radius 1 is 0.872 bits per heavy atom. The summed E-state index contributed by atoms with van der Waals surface area (Å²) in [6.07, 6.45) is -0.837. The molecule has 0 atom stereocenters. The number of nitrogens with zero attached hydrogens (tertiary/aromatic N) is 6. The van der Waals surface area contributed by atoms with Gasteiger partial charge in [-0.15, -0.1) is 0 Å². The summed E-state index contributed by atoms with van der Waals surface area (Å²) in [5, 5.41) is 1.68. The predicted molar refractivity (Wildman–Crippen MR) is 177 cm³/mol. The Morgan fingerprint density at radius 3 is 2.34 bits per heavy atom. The molecule has 1 fully saturated rings. The Balaban J connectivity index is 1.34. The van der Waals surface area contributed by atoms with Gasteiger partial charge in [0, 0.05) is 79.6 Å². The van der Waals surface area contributed by atoms with Gasteiger partial charge >= 0.3 is 12.2 Å². The molecule has 0 radical (unpaired) electrons. The molecule has 2 aliphatic heterocycles. The number of anilines is 3. The number of carbonyl (C=O) groups excluding carboxylic acids is 2. The number of urea groups is 1. The Kier molecular flexibility index (Phi) is 7.49. The second kappa shape index (κ2) is 11.6. The van der Waals surface area contributed by atoms with Gasteiger partial charge in [0.05, 0.1) is 34.5 Å². The molecule has 2 aliphatic rings. The molecule has 0 aliphatic carbocycles. The minimum atomic E-state index is -4.68. The third-order valence-corrected chi connectivity index (χ3v) is 9.16. The number of benzene rings is 3. The second-order valence-corrected chi connectivity index (χ2v) is 12.1. The van der Waals surface area contributed by atoms with E-state index in [2.05, 4.69) is 16.0 Å². The lowest BCUT2D eigenvalue weighted by molar-refractivity contribution is -0.137. The first-order valence-electron chi connectivity index (χ1n) is 15.6. The van der Waals surface area contributed by atoms with Crippen LogP contribution in [0.1, 0.15) is 30.0 Å². The van der Waals surface area contributed by atoms with Crippen molar-refractivity contribution in [3.05, 3.63) is 89.7 Å². The lowest BCUT2D eigenvalue weighted by Crippen LogP contribution is -2.49. The van der Waals surface area contributed by atoms with Crippen molar-refractivity contribution in [2.24, 2.45) is 0 Å². The molecule has 47 heavy (non-hydrogen) atoms. The molecule has 0 bridgehead atoms. The van der Waals surface area contributed by atoms with Gasteiger partial charge in [-0.1, -0.05) is 25.1 Å². The lowest BCUT2D eigenvalue weighted by atomic mass is 9.98. The topological polar surface area (TPSA) is 72.9 Å². The minimum absolute atomic E-state index is 0.0145. The van der Waals surface area contributed by atoms with Gasteiger partial charge in [0.15, 0.2) is 0 Å². The third-order valence-electron chi connectivity index (χ3n) is 9.16. The van der Waals surface area contributed by atoms with E-state index in [1.54, 1.807) is 42.2 Å². The van der Waals surface area contributed by atoms with Crippen LogP contribution < -0.4 is 9.80 Å². The smallest absolute Gasteiger partial charge is 0.367 e. The van der Waals surface area contributed by atoms with Crippen molar-refractivity contribution in [3.8, 4) is 11.1 Å². The Labute approximate surface area is 270 Å². The minimum Gasteiger partial charge on any atom is -0.367 e. The number of fused-ring (bicyclic) bond motifs is 4. The molecule has 2 aromatic heterocycles. The summed E-state index contributed by atoms with van der Waals surface area (Å²) in [7, 11) is 1.62. The van der Waals surface area contributed by atoms with E-state index in [9.17, 15) is 22.8 Å². The number of aryl methyl sites for hydroxylation is 1. The van der Waals surface area contributed by atoms with E-state index in [1.807, 2.05) is 43.3 Å². The molecule has 0 unspecified atom stereocenters. The van der Waals surface area contributed by atoms with Crippen molar-refractivity contribution >= 4 is 50.8 Å². The third kappa shape index (κ3) is 5.39. The molecule has 11 heteroatoms. The van der Waals surface area contributed by atoms with Gasteiger partial charge in [-0.25, -0.2) is 4.79 Å². The highest BCUT2D eigenvalue weighted by Crippen LogP contribution is 2.44. The predicted octanol–water partition coefficient (Wildman–Crippen LogP) is 7.54. The molecule has 4 heterocycles. The average Bonchev–Trinajstić information content (AvgIpc) is 3.08. The van der Waals surface area contributed by atoms with E-state index < -0.39 is 17.8 Å². The van der Waals surface area contributed by atoms with Crippen LogP contribution in [0.5, 0.6) is 0 Å². The zero-order valence-corrected chi connectivity index (χ0v) is 26.3. The molecule has 0 spiro atoms. The number of pyridine rings is 2. The quantitative estimate of drug-likeness (QED) is 0.203. The maximum atomic E-state index is 14.7. The number of halogens is 3. The van der Waals surface area contributed by atoms with Gasteiger partial charge in [0.25, 0.3) is 0 Å². The first kappa shape index (κ1) is 30.5. The summed E-state index contributed by atoms with van der Waals surface area (Å²) in [4.78, 5) is 41.5. The summed E-state index contributed by atoms with van der Waals surface area (Å²) in [5.74, 6) is -0.0145. The fourth-order valence-corrected chi connectivity index (χ4v) is 6.65. The number of amides is 3. The molecule has 0 N–H and O–H groups in total. The number of alkyl halides is 3. The van der Waals surface area contributed by atoms with E-state index in [-0.39, 0.29) is 36.9 Å². The Hall–Kier alpha value is -5.19. The monoisotopic (exact) mass is 638 g/mol. The maximum Gasteiger partial charge on any atom is 0.418 e. The van der Waals surface area contributed by atoms with Crippen molar-refractivity contribution in [1.29, 1.82) is 0 Å². The van der Waals surface area contributed by atoms with Crippen molar-refractivity contribution in [2.75, 3.05) is 43.0 Å². The Morgan fingerprint density at radius 2 is 1.60 bits per heavy atom. The summed E-state index contributed by atoms with van der Waals surface area (Å²) in [6, 6.07) is 17.4. The van der Waals surface area contributed by atoms with Crippen LogP contribution in [0.25, 0.3) is 32.9 Å². The van der Waals surface area contributed by atoms with Gasteiger partial charge in [-0.2, -0.15) is 13.2 Å². The summed E-state index contributed by atoms with van der Waals surface area (Å²) < 4.78 is 44.1. The number of piperazine rings is 1. The lowest BCUT2D eigenvalue weighted by Gasteiger charge is -2.38. The van der Waals surface area contributed by atoms with Crippen LogP contribution in [0, 0.1) is 6.92 Å². The highest BCUT2D eigenvalue weighted by atomic mass is 19.4. The molecule has 7 rings (SSSR count). The van der Waals surface area contributed by atoms with E-state index in [0.717, 1.165) is 39.2 Å². The largest absolute Gasteiger partial charge is 0.418 e. The van der Waals surface area contributed by atoms with E-state index >= 15 is 0 Å². The molecule has 8 nitrogen and oxygen atoms in total. The van der Waals surface area contributed by atoms with Crippen LogP contribution >= 0.6 is 0 Å². The fourth-order valence-electron chi connectivity index (χ4n) is 6.65. The molecule has 3 aromatic carbocycles. The van der Waals surface area contributed by atoms with Gasteiger partial charge in [-0.05, 0) is 60.5 Å². The summed E-state index contributed by atoms with van der Waals surface area (Å²) in [6.45, 7) is 5.33. The van der Waals surface area contributed by atoms with Crippen LogP contribution in [0.3, 0.4) is 0 Å². The van der Waals surface area contributed by atoms with Gasteiger partial charge in [0.1, 0.15) is 0 Å². The first-order valence-corrected chi connectivity index (χ1v) is 15.6. The van der Waals surface area contributed by atoms with Crippen molar-refractivity contribution in [2.45, 2.75) is 33.0 Å².